The average molecular weight is 215 g/mol. The smallest absolute Gasteiger partial charge is 0.0534 e. The Morgan fingerprint density at radius 2 is 2.00 bits per heavy atom. The van der Waals surface area contributed by atoms with Gasteiger partial charge in [-0.05, 0) is 18.9 Å². The van der Waals surface area contributed by atoms with Crippen molar-refractivity contribution in [1.82, 2.24) is 9.78 Å². The first-order valence-corrected chi connectivity index (χ1v) is 5.56. The van der Waals surface area contributed by atoms with Crippen LogP contribution in [-0.4, -0.2) is 9.78 Å². The van der Waals surface area contributed by atoms with E-state index < -0.39 is 0 Å². The maximum absolute atomic E-state index is 5.56. The van der Waals surface area contributed by atoms with Crippen molar-refractivity contribution >= 4 is 0 Å². The van der Waals surface area contributed by atoms with Crippen LogP contribution >= 0.6 is 0 Å². The number of nitrogens with zero attached hydrogens (tertiary/aromatic N) is 2. The molecular weight excluding hydrogens is 198 g/mol. The van der Waals surface area contributed by atoms with E-state index in [-0.39, 0.29) is 0 Å². The Balaban J connectivity index is 2.05. The van der Waals surface area contributed by atoms with Gasteiger partial charge in [-0.25, -0.2) is 0 Å². The van der Waals surface area contributed by atoms with Crippen LogP contribution < -0.4 is 5.73 Å². The standard InChI is InChI=1S/C13H17N3/c1-11(7-12-5-3-2-4-6-12)16-10-13(8-14)9-15-16/h2-6,9-11H,7-8,14H2,1H3. The number of aromatic nitrogens is 2. The quantitative estimate of drug-likeness (QED) is 0.849. The molecule has 1 aromatic heterocycles. The monoisotopic (exact) mass is 215 g/mol. The van der Waals surface area contributed by atoms with Crippen LogP contribution in [0.4, 0.5) is 0 Å². The summed E-state index contributed by atoms with van der Waals surface area (Å²) < 4.78 is 1.98. The summed E-state index contributed by atoms with van der Waals surface area (Å²) in [4.78, 5) is 0. The Morgan fingerprint density at radius 1 is 1.25 bits per heavy atom. The van der Waals surface area contributed by atoms with E-state index in [9.17, 15) is 0 Å². The molecule has 1 heterocycles. The third kappa shape index (κ3) is 2.49. The summed E-state index contributed by atoms with van der Waals surface area (Å²) in [6, 6.07) is 10.8. The minimum Gasteiger partial charge on any atom is -0.326 e. The zero-order valence-electron chi connectivity index (χ0n) is 9.50. The SMILES string of the molecule is CC(Cc1ccccc1)n1cc(CN)cn1. The van der Waals surface area contributed by atoms with Gasteiger partial charge in [0.1, 0.15) is 0 Å². The molecule has 2 aromatic rings. The van der Waals surface area contributed by atoms with Gasteiger partial charge >= 0.3 is 0 Å². The Morgan fingerprint density at radius 3 is 2.62 bits per heavy atom. The highest BCUT2D eigenvalue weighted by molar-refractivity contribution is 5.15. The van der Waals surface area contributed by atoms with Crippen LogP contribution in [0.5, 0.6) is 0 Å². The third-order valence-electron chi connectivity index (χ3n) is 2.72. The molecule has 0 spiro atoms. The molecule has 0 fully saturated rings. The Kier molecular flexibility index (Phi) is 3.37. The molecule has 0 radical (unpaired) electrons. The molecular formula is C13H17N3. The van der Waals surface area contributed by atoms with Crippen LogP contribution in [0, 0.1) is 0 Å². The van der Waals surface area contributed by atoms with Gasteiger partial charge in [-0.15, -0.1) is 0 Å². The number of hydrogen-bond donors (Lipinski definition) is 1. The van der Waals surface area contributed by atoms with Gasteiger partial charge in [-0.1, -0.05) is 30.3 Å². The fourth-order valence-electron chi connectivity index (χ4n) is 1.77. The molecule has 3 heteroatoms. The number of nitrogens with two attached hydrogens (primary N) is 1. The van der Waals surface area contributed by atoms with E-state index in [0.717, 1.165) is 12.0 Å². The first kappa shape index (κ1) is 10.9. The molecule has 1 atom stereocenters. The van der Waals surface area contributed by atoms with Crippen LogP contribution in [0.15, 0.2) is 42.7 Å². The van der Waals surface area contributed by atoms with Crippen LogP contribution in [0.25, 0.3) is 0 Å². The molecule has 0 amide bonds. The second-order valence-electron chi connectivity index (χ2n) is 4.07. The highest BCUT2D eigenvalue weighted by Gasteiger charge is 2.06. The molecule has 1 unspecified atom stereocenters. The van der Waals surface area contributed by atoms with Gasteiger partial charge in [0, 0.05) is 18.3 Å². The van der Waals surface area contributed by atoms with Gasteiger partial charge in [0.05, 0.1) is 12.2 Å². The van der Waals surface area contributed by atoms with E-state index >= 15 is 0 Å². The normalized spacial score (nSPS) is 12.6. The van der Waals surface area contributed by atoms with Crippen molar-refractivity contribution < 1.29 is 0 Å². The lowest BCUT2D eigenvalue weighted by Gasteiger charge is -2.11. The summed E-state index contributed by atoms with van der Waals surface area (Å²) in [7, 11) is 0. The lowest BCUT2D eigenvalue weighted by molar-refractivity contribution is 0.488. The fourth-order valence-corrected chi connectivity index (χ4v) is 1.77. The van der Waals surface area contributed by atoms with Crippen molar-refractivity contribution in [2.75, 3.05) is 0 Å². The zero-order chi connectivity index (χ0) is 11.4. The maximum Gasteiger partial charge on any atom is 0.0534 e. The van der Waals surface area contributed by atoms with Crippen molar-refractivity contribution in [3.05, 3.63) is 53.9 Å². The highest BCUT2D eigenvalue weighted by atomic mass is 15.3. The molecule has 0 saturated heterocycles. The average Bonchev–Trinajstić information content (AvgIpc) is 2.79. The number of rotatable bonds is 4. The van der Waals surface area contributed by atoms with Crippen LogP contribution in [0.3, 0.4) is 0 Å². The molecule has 0 aliphatic rings. The Bertz CT molecular complexity index is 433. The minimum atomic E-state index is 0.364. The van der Waals surface area contributed by atoms with Crippen molar-refractivity contribution in [2.24, 2.45) is 5.73 Å². The van der Waals surface area contributed by atoms with Crippen LogP contribution in [0.2, 0.25) is 0 Å². The first-order chi connectivity index (χ1) is 7.79. The number of hydrogen-bond acceptors (Lipinski definition) is 2. The highest BCUT2D eigenvalue weighted by Crippen LogP contribution is 2.13. The summed E-state index contributed by atoms with van der Waals surface area (Å²) >= 11 is 0. The molecule has 0 aliphatic heterocycles. The van der Waals surface area contributed by atoms with Gasteiger partial charge in [-0.3, -0.25) is 4.68 Å². The topological polar surface area (TPSA) is 43.8 Å². The second-order valence-corrected chi connectivity index (χ2v) is 4.07. The Hall–Kier alpha value is -1.61. The second kappa shape index (κ2) is 4.94. The number of benzene rings is 1. The summed E-state index contributed by atoms with van der Waals surface area (Å²) in [6.07, 6.45) is 4.85. The lowest BCUT2D eigenvalue weighted by Crippen LogP contribution is -2.08. The van der Waals surface area contributed by atoms with Gasteiger partial charge in [0.25, 0.3) is 0 Å². The van der Waals surface area contributed by atoms with E-state index in [1.165, 1.54) is 5.56 Å². The minimum absolute atomic E-state index is 0.364. The van der Waals surface area contributed by atoms with Crippen molar-refractivity contribution in [3.8, 4) is 0 Å². The third-order valence-corrected chi connectivity index (χ3v) is 2.72. The maximum atomic E-state index is 5.56. The van der Waals surface area contributed by atoms with E-state index in [4.69, 9.17) is 5.73 Å². The van der Waals surface area contributed by atoms with Gasteiger partial charge < -0.3 is 5.73 Å². The lowest BCUT2D eigenvalue weighted by atomic mass is 10.1. The van der Waals surface area contributed by atoms with Crippen LogP contribution in [0.1, 0.15) is 24.1 Å². The summed E-state index contributed by atoms with van der Waals surface area (Å²) in [5.41, 5.74) is 7.98. The molecule has 3 nitrogen and oxygen atoms in total. The summed E-state index contributed by atoms with van der Waals surface area (Å²) in [5, 5.41) is 4.32. The summed E-state index contributed by atoms with van der Waals surface area (Å²) in [5.74, 6) is 0. The van der Waals surface area contributed by atoms with Gasteiger partial charge in [-0.2, -0.15) is 5.10 Å². The van der Waals surface area contributed by atoms with Gasteiger partial charge in [0.2, 0.25) is 0 Å². The Labute approximate surface area is 95.9 Å². The molecule has 84 valence electrons. The van der Waals surface area contributed by atoms with Crippen molar-refractivity contribution in [2.45, 2.75) is 25.9 Å². The largest absolute Gasteiger partial charge is 0.326 e. The molecule has 1 aromatic carbocycles. The van der Waals surface area contributed by atoms with E-state index in [0.29, 0.717) is 12.6 Å². The van der Waals surface area contributed by atoms with Crippen molar-refractivity contribution in [3.63, 3.8) is 0 Å². The van der Waals surface area contributed by atoms with Crippen molar-refractivity contribution in [1.29, 1.82) is 0 Å². The van der Waals surface area contributed by atoms with Gasteiger partial charge in [0.15, 0.2) is 0 Å². The molecule has 0 bridgehead atoms. The summed E-state index contributed by atoms with van der Waals surface area (Å²) in [6.45, 7) is 2.72. The molecule has 2 rings (SSSR count). The molecule has 0 saturated carbocycles. The zero-order valence-corrected chi connectivity index (χ0v) is 9.50. The van der Waals surface area contributed by atoms with E-state index in [1.807, 2.05) is 23.1 Å². The molecule has 16 heavy (non-hydrogen) atoms. The fraction of sp³-hybridized carbons (Fsp3) is 0.308. The first-order valence-electron chi connectivity index (χ1n) is 5.56. The molecule has 0 aliphatic carbocycles. The van der Waals surface area contributed by atoms with E-state index in [1.54, 1.807) is 0 Å². The predicted octanol–water partition coefficient (Wildman–Crippen LogP) is 2.15. The molecule has 2 N–H and O–H groups in total. The predicted molar refractivity (Wildman–Crippen MR) is 65.0 cm³/mol. The van der Waals surface area contributed by atoms with Crippen LogP contribution in [-0.2, 0) is 13.0 Å². The van der Waals surface area contributed by atoms with E-state index in [2.05, 4.69) is 36.3 Å².